The maximum absolute atomic E-state index is 13.2. The number of rotatable bonds is 5. The predicted octanol–water partition coefficient (Wildman–Crippen LogP) is 4.14. The monoisotopic (exact) mass is 444 g/mol. The third kappa shape index (κ3) is 3.40. The summed E-state index contributed by atoms with van der Waals surface area (Å²) in [6, 6.07) is 5.72. The molecule has 33 heavy (non-hydrogen) atoms. The van der Waals surface area contributed by atoms with Crippen molar-refractivity contribution in [3.63, 3.8) is 0 Å². The van der Waals surface area contributed by atoms with Gasteiger partial charge in [-0.2, -0.15) is 0 Å². The predicted molar refractivity (Wildman–Crippen MR) is 121 cm³/mol. The minimum Gasteiger partial charge on any atom is -0.411 e. The standard InChI is InChI=1S/C24H21FN6O2/c1-12-6-19(22(30-33)13-2-3-13)27-11-17(12)15-7-14-10-28-21(29-24(32)16-8-18(16)25)9-20(14)31-5-4-26-23(15)31/h4-7,9-11,13,16,18,33H,2-3,8H2,1H3,(H,28,29,32)/b30-22-/t16-,18+/m1/s1. The van der Waals surface area contributed by atoms with Crippen LogP contribution in [0.2, 0.25) is 0 Å². The van der Waals surface area contributed by atoms with Crippen molar-refractivity contribution < 1.29 is 14.4 Å². The minimum absolute atomic E-state index is 0.271. The van der Waals surface area contributed by atoms with Crippen LogP contribution in [0.1, 0.15) is 30.5 Å². The molecule has 0 aromatic carbocycles. The number of imidazole rings is 1. The molecule has 9 heteroatoms. The molecule has 2 aliphatic carbocycles. The number of pyridine rings is 3. The molecule has 2 atom stereocenters. The third-order valence-electron chi connectivity index (χ3n) is 6.39. The molecule has 0 saturated heterocycles. The van der Waals surface area contributed by atoms with Crippen LogP contribution in [0.25, 0.3) is 27.7 Å². The van der Waals surface area contributed by atoms with Gasteiger partial charge in [-0.3, -0.25) is 14.2 Å². The maximum atomic E-state index is 13.2. The Morgan fingerprint density at radius 1 is 1.18 bits per heavy atom. The highest BCUT2D eigenvalue weighted by Crippen LogP contribution is 2.36. The van der Waals surface area contributed by atoms with Crippen molar-refractivity contribution in [3.05, 3.63) is 54.2 Å². The minimum atomic E-state index is -1.05. The lowest BCUT2D eigenvalue weighted by molar-refractivity contribution is -0.117. The fourth-order valence-corrected chi connectivity index (χ4v) is 4.29. The molecule has 0 radical (unpaired) electrons. The van der Waals surface area contributed by atoms with Crippen molar-refractivity contribution in [2.24, 2.45) is 17.0 Å². The van der Waals surface area contributed by atoms with Crippen LogP contribution >= 0.6 is 0 Å². The summed E-state index contributed by atoms with van der Waals surface area (Å²) in [7, 11) is 0. The molecule has 2 aliphatic rings. The number of alkyl halides is 1. The molecular formula is C24H21FN6O2. The first-order valence-corrected chi connectivity index (χ1v) is 10.9. The average molecular weight is 444 g/mol. The lowest BCUT2D eigenvalue weighted by atomic mass is 10.0. The van der Waals surface area contributed by atoms with E-state index in [9.17, 15) is 14.4 Å². The van der Waals surface area contributed by atoms with Gasteiger partial charge in [0.25, 0.3) is 0 Å². The molecule has 166 valence electrons. The Kier molecular flexibility index (Phi) is 4.39. The second-order valence-corrected chi connectivity index (χ2v) is 8.80. The second kappa shape index (κ2) is 7.33. The first-order chi connectivity index (χ1) is 16.0. The smallest absolute Gasteiger partial charge is 0.231 e. The number of amides is 1. The van der Waals surface area contributed by atoms with E-state index >= 15 is 0 Å². The quantitative estimate of drug-likeness (QED) is 0.274. The Morgan fingerprint density at radius 3 is 2.70 bits per heavy atom. The van der Waals surface area contributed by atoms with E-state index in [1.165, 1.54) is 0 Å². The lowest BCUT2D eigenvalue weighted by Gasteiger charge is -2.13. The highest BCUT2D eigenvalue weighted by molar-refractivity contribution is 6.02. The van der Waals surface area contributed by atoms with Crippen LogP contribution in [0, 0.1) is 18.8 Å². The summed E-state index contributed by atoms with van der Waals surface area (Å²) in [4.78, 5) is 25.6. The first-order valence-electron chi connectivity index (χ1n) is 10.9. The van der Waals surface area contributed by atoms with Crippen molar-refractivity contribution in [3.8, 4) is 11.1 Å². The maximum Gasteiger partial charge on any atom is 0.231 e. The van der Waals surface area contributed by atoms with E-state index in [0.717, 1.165) is 46.1 Å². The van der Waals surface area contributed by atoms with Gasteiger partial charge in [-0.25, -0.2) is 14.4 Å². The zero-order valence-corrected chi connectivity index (χ0v) is 17.9. The highest BCUT2D eigenvalue weighted by Gasteiger charge is 2.43. The van der Waals surface area contributed by atoms with Gasteiger partial charge >= 0.3 is 0 Å². The summed E-state index contributed by atoms with van der Waals surface area (Å²) >= 11 is 0. The number of anilines is 1. The largest absolute Gasteiger partial charge is 0.411 e. The summed E-state index contributed by atoms with van der Waals surface area (Å²) in [5.74, 6) is -0.254. The number of oxime groups is 1. The number of aryl methyl sites for hydroxylation is 1. The number of aromatic nitrogens is 4. The van der Waals surface area contributed by atoms with E-state index in [1.54, 1.807) is 24.7 Å². The molecule has 2 fully saturated rings. The summed E-state index contributed by atoms with van der Waals surface area (Å²) in [6.07, 6.45) is 8.31. The van der Waals surface area contributed by atoms with Crippen molar-refractivity contribution >= 4 is 34.0 Å². The van der Waals surface area contributed by atoms with Gasteiger partial charge < -0.3 is 10.5 Å². The van der Waals surface area contributed by atoms with Crippen LogP contribution in [-0.2, 0) is 4.79 Å². The van der Waals surface area contributed by atoms with Gasteiger partial charge in [-0.15, -0.1) is 0 Å². The first kappa shape index (κ1) is 19.8. The van der Waals surface area contributed by atoms with E-state index in [0.29, 0.717) is 17.2 Å². The topological polar surface area (TPSA) is 105 Å². The van der Waals surface area contributed by atoms with E-state index < -0.39 is 12.1 Å². The van der Waals surface area contributed by atoms with E-state index in [2.05, 4.69) is 25.4 Å². The number of fused-ring (bicyclic) bond motifs is 3. The SMILES string of the molecule is Cc1cc(/C(=N\O)C2CC2)ncc1-c1cc2cnc(NC(=O)[C@@H]3C[C@@H]3F)cc2n2ccnc12. The molecule has 6 rings (SSSR count). The van der Waals surface area contributed by atoms with Gasteiger partial charge in [0.15, 0.2) is 0 Å². The molecule has 2 saturated carbocycles. The summed E-state index contributed by atoms with van der Waals surface area (Å²) < 4.78 is 15.1. The van der Waals surface area contributed by atoms with Crippen LogP contribution in [0.4, 0.5) is 10.2 Å². The molecule has 4 aromatic rings. The van der Waals surface area contributed by atoms with Gasteiger partial charge in [0.2, 0.25) is 5.91 Å². The second-order valence-electron chi connectivity index (χ2n) is 8.80. The molecule has 0 aliphatic heterocycles. The number of hydrogen-bond donors (Lipinski definition) is 2. The van der Waals surface area contributed by atoms with Gasteiger partial charge in [0, 0.05) is 53.3 Å². The number of carbonyl (C=O) groups is 1. The Balaban J connectivity index is 1.41. The highest BCUT2D eigenvalue weighted by atomic mass is 19.1. The van der Waals surface area contributed by atoms with Crippen molar-refractivity contribution in [2.45, 2.75) is 32.4 Å². The van der Waals surface area contributed by atoms with Crippen LogP contribution in [0.15, 0.2) is 48.1 Å². The molecule has 0 bridgehead atoms. The molecule has 0 unspecified atom stereocenters. The van der Waals surface area contributed by atoms with Gasteiger partial charge in [0.05, 0.1) is 17.1 Å². The Morgan fingerprint density at radius 2 is 2.00 bits per heavy atom. The van der Waals surface area contributed by atoms with Crippen molar-refractivity contribution in [2.75, 3.05) is 5.32 Å². The normalized spacial score (nSPS) is 20.4. The van der Waals surface area contributed by atoms with Crippen LogP contribution in [0.5, 0.6) is 0 Å². The Labute approximate surface area is 188 Å². The number of nitrogens with zero attached hydrogens (tertiary/aromatic N) is 5. The van der Waals surface area contributed by atoms with Crippen LogP contribution < -0.4 is 5.32 Å². The molecule has 4 aromatic heterocycles. The van der Waals surface area contributed by atoms with Crippen molar-refractivity contribution in [1.29, 1.82) is 0 Å². The van der Waals surface area contributed by atoms with E-state index in [4.69, 9.17) is 0 Å². The molecule has 8 nitrogen and oxygen atoms in total. The zero-order chi connectivity index (χ0) is 22.7. The molecule has 0 spiro atoms. The number of hydrogen-bond acceptors (Lipinski definition) is 6. The zero-order valence-electron chi connectivity index (χ0n) is 17.9. The summed E-state index contributed by atoms with van der Waals surface area (Å²) in [5.41, 5.74) is 5.71. The van der Waals surface area contributed by atoms with Gasteiger partial charge in [-0.1, -0.05) is 5.16 Å². The summed E-state index contributed by atoms with van der Waals surface area (Å²) in [6.45, 7) is 2.00. The molecule has 2 N–H and O–H groups in total. The number of nitrogens with one attached hydrogen (secondary N) is 1. The summed E-state index contributed by atoms with van der Waals surface area (Å²) in [5, 5.41) is 16.5. The molecular weight excluding hydrogens is 423 g/mol. The number of halogens is 1. The molecule has 1 amide bonds. The fourth-order valence-electron chi connectivity index (χ4n) is 4.29. The Bertz CT molecular complexity index is 1460. The average Bonchev–Trinajstić information content (AvgIpc) is 3.72. The van der Waals surface area contributed by atoms with Crippen molar-refractivity contribution in [1.82, 2.24) is 19.4 Å². The van der Waals surface area contributed by atoms with Crippen LogP contribution in [-0.4, -0.2) is 42.4 Å². The fraction of sp³-hybridized carbons (Fsp3) is 0.292. The third-order valence-corrected chi connectivity index (χ3v) is 6.39. The lowest BCUT2D eigenvalue weighted by Crippen LogP contribution is -2.16. The molecule has 4 heterocycles. The van der Waals surface area contributed by atoms with E-state index in [1.807, 2.05) is 29.7 Å². The Hall–Kier alpha value is -3.88. The van der Waals surface area contributed by atoms with E-state index in [-0.39, 0.29) is 18.2 Å². The van der Waals surface area contributed by atoms with Crippen LogP contribution in [0.3, 0.4) is 0 Å². The van der Waals surface area contributed by atoms with Gasteiger partial charge in [-0.05, 0) is 43.9 Å². The number of carbonyl (C=O) groups excluding carboxylic acids is 1. The van der Waals surface area contributed by atoms with Gasteiger partial charge in [0.1, 0.15) is 23.3 Å².